The van der Waals surface area contributed by atoms with E-state index in [9.17, 15) is 0 Å². The summed E-state index contributed by atoms with van der Waals surface area (Å²) in [5, 5.41) is 0. The van der Waals surface area contributed by atoms with Gasteiger partial charge in [-0.15, -0.1) is 0 Å². The summed E-state index contributed by atoms with van der Waals surface area (Å²) < 4.78 is 0. The lowest BCUT2D eigenvalue weighted by Gasteiger charge is -2.57. The van der Waals surface area contributed by atoms with Crippen LogP contribution in [0.1, 0.15) is 85.5 Å². The summed E-state index contributed by atoms with van der Waals surface area (Å²) in [6.45, 7) is 14.5. The third-order valence-electron chi connectivity index (χ3n) is 9.12. The molecule has 1 nitrogen and oxygen atoms in total. The predicted octanol–water partition coefficient (Wildman–Crippen LogP) is 6.99. The summed E-state index contributed by atoms with van der Waals surface area (Å²) in [6, 6.07) is 0. The smallest absolute Gasteiger partial charge is 0.0593 e. The van der Waals surface area contributed by atoms with E-state index >= 15 is 0 Å². The number of hydrogen-bond acceptors (Lipinski definition) is 1. The van der Waals surface area contributed by atoms with Crippen molar-refractivity contribution in [2.24, 2.45) is 39.5 Å². The molecule has 3 saturated carbocycles. The first-order chi connectivity index (χ1) is 12.4. The Labute approximate surface area is 161 Å². The van der Waals surface area contributed by atoms with Crippen LogP contribution in [-0.4, -0.2) is 12.3 Å². The molecule has 0 aromatic carbocycles. The molecule has 0 spiro atoms. The second kappa shape index (κ2) is 6.64. The number of rotatable bonds is 3. The van der Waals surface area contributed by atoms with Crippen molar-refractivity contribution in [3.8, 4) is 0 Å². The zero-order chi connectivity index (χ0) is 18.5. The molecule has 3 fully saturated rings. The molecule has 0 N–H and O–H groups in total. The van der Waals surface area contributed by atoms with Crippen LogP contribution in [0.4, 0.5) is 0 Å². The number of hydrogen-bond donors (Lipinski definition) is 0. The highest BCUT2D eigenvalue weighted by Gasteiger charge is 2.58. The largest absolute Gasteiger partial charge is 0.290 e. The minimum atomic E-state index is 0.486. The Balaban J connectivity index is 1.59. The van der Waals surface area contributed by atoms with Gasteiger partial charge in [0.15, 0.2) is 0 Å². The maximum atomic E-state index is 4.93. The molecule has 0 aromatic rings. The Hall–Kier alpha value is -0.850. The summed E-state index contributed by atoms with van der Waals surface area (Å²) in [4.78, 5) is 4.93. The molecule has 6 atom stereocenters. The third-order valence-corrected chi connectivity index (χ3v) is 9.12. The van der Waals surface area contributed by atoms with Crippen molar-refractivity contribution in [1.82, 2.24) is 0 Å². The van der Waals surface area contributed by atoms with Crippen molar-refractivity contribution in [2.75, 3.05) is 6.54 Å². The average molecular weight is 354 g/mol. The third kappa shape index (κ3) is 2.76. The average Bonchev–Trinajstić information content (AvgIpc) is 2.96. The van der Waals surface area contributed by atoms with E-state index in [1.165, 1.54) is 69.1 Å². The molecule has 26 heavy (non-hydrogen) atoms. The highest BCUT2D eigenvalue weighted by atomic mass is 14.8. The normalized spacial score (nSPS) is 45.4. The summed E-state index contributed by atoms with van der Waals surface area (Å²) in [5.74, 6) is 3.50. The van der Waals surface area contributed by atoms with E-state index < -0.39 is 0 Å². The Morgan fingerprint density at radius 1 is 1.12 bits per heavy atom. The van der Waals surface area contributed by atoms with Gasteiger partial charge in [-0.3, -0.25) is 4.99 Å². The van der Waals surface area contributed by atoms with Crippen molar-refractivity contribution >= 4 is 5.71 Å². The Morgan fingerprint density at radius 3 is 2.69 bits per heavy atom. The summed E-state index contributed by atoms with van der Waals surface area (Å²) in [5.41, 5.74) is 5.45. The van der Waals surface area contributed by atoms with Crippen LogP contribution in [0.2, 0.25) is 0 Å². The minimum Gasteiger partial charge on any atom is -0.290 e. The molecule has 1 heteroatoms. The van der Waals surface area contributed by atoms with Crippen molar-refractivity contribution in [1.29, 1.82) is 0 Å². The lowest BCUT2D eigenvalue weighted by atomic mass is 9.47. The van der Waals surface area contributed by atoms with Crippen LogP contribution in [-0.2, 0) is 0 Å². The minimum absolute atomic E-state index is 0.486. The molecule has 0 radical (unpaired) electrons. The van der Waals surface area contributed by atoms with Gasteiger partial charge in [-0.05, 0) is 93.8 Å². The molecular formula is C25H39N. The van der Waals surface area contributed by atoms with E-state index in [-0.39, 0.29) is 0 Å². The van der Waals surface area contributed by atoms with E-state index in [0.29, 0.717) is 16.7 Å². The quantitative estimate of drug-likeness (QED) is 0.383. The fraction of sp³-hybridized carbons (Fsp3) is 0.800. The van der Waals surface area contributed by atoms with E-state index in [2.05, 4.69) is 40.3 Å². The molecule has 0 aliphatic heterocycles. The van der Waals surface area contributed by atoms with Gasteiger partial charge in [-0.1, -0.05) is 44.1 Å². The van der Waals surface area contributed by atoms with Gasteiger partial charge in [0.1, 0.15) is 0 Å². The van der Waals surface area contributed by atoms with Crippen LogP contribution in [0.3, 0.4) is 0 Å². The van der Waals surface area contributed by atoms with Crippen LogP contribution >= 0.6 is 0 Å². The number of aliphatic imine (C=N–C) groups is 1. The molecule has 0 aromatic heterocycles. The standard InChI is InChI=1S/C25H39N/c1-17(2)16-26-18(3)21-11-12-22-20-10-9-19-8-6-7-14-24(19,4)23(20)13-15-25(21,22)5/h9,20-23H,1,6-8,10-16H2,2-5H3/b26-18+. The lowest BCUT2D eigenvalue weighted by molar-refractivity contribution is -0.0324. The summed E-state index contributed by atoms with van der Waals surface area (Å²) in [6.07, 6.45) is 15.5. The van der Waals surface area contributed by atoms with Crippen LogP contribution in [0.5, 0.6) is 0 Å². The number of fused-ring (bicyclic) bond motifs is 5. The van der Waals surface area contributed by atoms with Gasteiger partial charge in [0.25, 0.3) is 0 Å². The zero-order valence-corrected chi connectivity index (χ0v) is 17.6. The van der Waals surface area contributed by atoms with Gasteiger partial charge >= 0.3 is 0 Å². The molecule has 4 aliphatic carbocycles. The van der Waals surface area contributed by atoms with Crippen molar-refractivity contribution < 1.29 is 0 Å². The topological polar surface area (TPSA) is 12.4 Å². The maximum absolute atomic E-state index is 4.93. The molecular weight excluding hydrogens is 314 g/mol. The second-order valence-corrected chi connectivity index (χ2v) is 10.6. The monoisotopic (exact) mass is 353 g/mol. The molecule has 4 aliphatic rings. The summed E-state index contributed by atoms with van der Waals surface area (Å²) in [7, 11) is 0. The maximum Gasteiger partial charge on any atom is 0.0593 e. The van der Waals surface area contributed by atoms with Gasteiger partial charge in [0.2, 0.25) is 0 Å². The van der Waals surface area contributed by atoms with Crippen LogP contribution < -0.4 is 0 Å². The van der Waals surface area contributed by atoms with Crippen molar-refractivity contribution in [3.63, 3.8) is 0 Å². The SMILES string of the molecule is C=C(C)C/N=C(\C)C1CCC2C3CC=C4CCCCC4(C)C3CCC12C. The first-order valence-corrected chi connectivity index (χ1v) is 11.2. The Kier molecular flexibility index (Phi) is 4.73. The first kappa shape index (κ1) is 18.5. The van der Waals surface area contributed by atoms with Crippen molar-refractivity contribution in [3.05, 3.63) is 23.8 Å². The molecule has 4 rings (SSSR count). The molecule has 0 amide bonds. The number of allylic oxidation sites excluding steroid dienone is 2. The van der Waals surface area contributed by atoms with Gasteiger partial charge in [-0.2, -0.15) is 0 Å². The van der Waals surface area contributed by atoms with Crippen LogP contribution in [0, 0.1) is 34.5 Å². The molecule has 144 valence electrons. The highest BCUT2D eigenvalue weighted by Crippen LogP contribution is 2.66. The van der Waals surface area contributed by atoms with Crippen LogP contribution in [0.25, 0.3) is 0 Å². The van der Waals surface area contributed by atoms with Gasteiger partial charge in [0, 0.05) is 11.6 Å². The van der Waals surface area contributed by atoms with E-state index in [0.717, 1.165) is 24.3 Å². The van der Waals surface area contributed by atoms with E-state index in [4.69, 9.17) is 4.99 Å². The van der Waals surface area contributed by atoms with Gasteiger partial charge < -0.3 is 0 Å². The zero-order valence-electron chi connectivity index (χ0n) is 17.6. The second-order valence-electron chi connectivity index (χ2n) is 10.6. The fourth-order valence-electron chi connectivity index (χ4n) is 7.75. The fourth-order valence-corrected chi connectivity index (χ4v) is 7.75. The van der Waals surface area contributed by atoms with E-state index in [1.807, 2.05) is 5.57 Å². The predicted molar refractivity (Wildman–Crippen MR) is 113 cm³/mol. The summed E-state index contributed by atoms with van der Waals surface area (Å²) >= 11 is 0. The molecule has 0 saturated heterocycles. The first-order valence-electron chi connectivity index (χ1n) is 11.2. The molecule has 6 unspecified atom stereocenters. The Bertz CT molecular complexity index is 641. The number of nitrogens with zero attached hydrogens (tertiary/aromatic N) is 1. The van der Waals surface area contributed by atoms with Gasteiger partial charge in [0.05, 0.1) is 6.54 Å². The molecule has 0 heterocycles. The highest BCUT2D eigenvalue weighted by molar-refractivity contribution is 5.85. The molecule has 0 bridgehead atoms. The van der Waals surface area contributed by atoms with Crippen molar-refractivity contribution in [2.45, 2.75) is 85.5 Å². The van der Waals surface area contributed by atoms with Crippen LogP contribution in [0.15, 0.2) is 28.8 Å². The van der Waals surface area contributed by atoms with Gasteiger partial charge in [-0.25, -0.2) is 0 Å². The lowest BCUT2D eigenvalue weighted by Crippen LogP contribution is -2.50. The van der Waals surface area contributed by atoms with E-state index in [1.54, 1.807) is 0 Å². The Morgan fingerprint density at radius 2 is 1.92 bits per heavy atom.